The van der Waals surface area contributed by atoms with Gasteiger partial charge in [-0.15, -0.1) is 0 Å². The van der Waals surface area contributed by atoms with E-state index in [1.165, 1.54) is 5.56 Å². The fraction of sp³-hybridized carbons (Fsp3) is 0.625. The minimum absolute atomic E-state index is 0.439. The van der Waals surface area contributed by atoms with Crippen molar-refractivity contribution in [2.75, 3.05) is 32.9 Å². The summed E-state index contributed by atoms with van der Waals surface area (Å²) in [5.74, 6) is 1.53. The quantitative estimate of drug-likeness (QED) is 0.815. The molecule has 0 aliphatic carbocycles. The second-order valence-corrected chi connectivity index (χ2v) is 5.53. The third kappa shape index (κ3) is 4.22. The lowest BCUT2D eigenvalue weighted by Crippen LogP contribution is -2.44. The Kier molecular flexibility index (Phi) is 5.23. The topological polar surface area (TPSA) is 21.7 Å². The van der Waals surface area contributed by atoms with Gasteiger partial charge in [-0.25, -0.2) is 0 Å². The van der Waals surface area contributed by atoms with Crippen LogP contribution in [0.25, 0.3) is 0 Å². The van der Waals surface area contributed by atoms with Gasteiger partial charge in [0.15, 0.2) is 0 Å². The molecule has 3 nitrogen and oxygen atoms in total. The van der Waals surface area contributed by atoms with Gasteiger partial charge in [-0.3, -0.25) is 4.90 Å². The first-order valence-corrected chi connectivity index (χ1v) is 7.21. The van der Waals surface area contributed by atoms with Crippen LogP contribution in [0.4, 0.5) is 0 Å². The Morgan fingerprint density at radius 2 is 1.74 bits per heavy atom. The van der Waals surface area contributed by atoms with Crippen molar-refractivity contribution in [1.82, 2.24) is 4.90 Å². The van der Waals surface area contributed by atoms with Gasteiger partial charge in [0.2, 0.25) is 0 Å². The van der Waals surface area contributed by atoms with Crippen molar-refractivity contribution in [3.05, 3.63) is 29.8 Å². The van der Waals surface area contributed by atoms with Crippen LogP contribution in [0.2, 0.25) is 0 Å². The molecule has 1 aromatic carbocycles. The molecule has 0 radical (unpaired) electrons. The highest BCUT2D eigenvalue weighted by atomic mass is 16.5. The number of rotatable bonds is 5. The summed E-state index contributed by atoms with van der Waals surface area (Å²) < 4.78 is 11.2. The third-order valence-corrected chi connectivity index (χ3v) is 3.71. The van der Waals surface area contributed by atoms with Crippen molar-refractivity contribution < 1.29 is 9.47 Å². The first-order valence-electron chi connectivity index (χ1n) is 7.21. The summed E-state index contributed by atoms with van der Waals surface area (Å²) in [4.78, 5) is 2.42. The highest BCUT2D eigenvalue weighted by molar-refractivity contribution is 5.28. The molecule has 0 amide bonds. The monoisotopic (exact) mass is 263 g/mol. The smallest absolute Gasteiger partial charge is 0.119 e. The van der Waals surface area contributed by atoms with E-state index in [9.17, 15) is 0 Å². The summed E-state index contributed by atoms with van der Waals surface area (Å²) >= 11 is 0. The summed E-state index contributed by atoms with van der Waals surface area (Å²) in [6.07, 6.45) is 0. The molecule has 0 spiro atoms. The molecule has 0 bridgehead atoms. The van der Waals surface area contributed by atoms with E-state index in [4.69, 9.17) is 9.47 Å². The molecule has 1 aliphatic rings. The van der Waals surface area contributed by atoms with Crippen LogP contribution in [0.1, 0.15) is 32.3 Å². The van der Waals surface area contributed by atoms with Crippen molar-refractivity contribution in [1.29, 1.82) is 0 Å². The second-order valence-electron chi connectivity index (χ2n) is 5.53. The standard InChI is InChI=1S/C16H25NO2/c1-13(2)15-4-6-16(7-5-15)19-12-14(3)17-8-10-18-11-9-17/h4-7,13-14H,8-12H2,1-3H3/t14-/m0/s1. The summed E-state index contributed by atoms with van der Waals surface area (Å²) in [5.41, 5.74) is 1.36. The van der Waals surface area contributed by atoms with E-state index < -0.39 is 0 Å². The van der Waals surface area contributed by atoms with Crippen molar-refractivity contribution in [2.45, 2.75) is 32.7 Å². The zero-order valence-corrected chi connectivity index (χ0v) is 12.3. The first kappa shape index (κ1) is 14.4. The van der Waals surface area contributed by atoms with Crippen LogP contribution < -0.4 is 4.74 Å². The number of morpholine rings is 1. The van der Waals surface area contributed by atoms with Crippen molar-refractivity contribution in [3.63, 3.8) is 0 Å². The van der Waals surface area contributed by atoms with E-state index in [0.29, 0.717) is 12.0 Å². The maximum atomic E-state index is 5.87. The maximum absolute atomic E-state index is 5.87. The van der Waals surface area contributed by atoms with Crippen molar-refractivity contribution in [3.8, 4) is 5.75 Å². The van der Waals surface area contributed by atoms with Crippen LogP contribution in [0.5, 0.6) is 5.75 Å². The van der Waals surface area contributed by atoms with E-state index in [1.54, 1.807) is 0 Å². The van der Waals surface area contributed by atoms with Crippen LogP contribution in [-0.4, -0.2) is 43.9 Å². The molecular formula is C16H25NO2. The van der Waals surface area contributed by atoms with Gasteiger partial charge in [0.05, 0.1) is 13.2 Å². The van der Waals surface area contributed by atoms with E-state index in [0.717, 1.165) is 38.7 Å². The van der Waals surface area contributed by atoms with Gasteiger partial charge in [-0.2, -0.15) is 0 Å². The molecule has 0 saturated carbocycles. The molecule has 2 rings (SSSR count). The summed E-state index contributed by atoms with van der Waals surface area (Å²) in [7, 11) is 0. The fourth-order valence-electron chi connectivity index (χ4n) is 2.29. The summed E-state index contributed by atoms with van der Waals surface area (Å²) in [6, 6.07) is 8.88. The van der Waals surface area contributed by atoms with Crippen LogP contribution in [-0.2, 0) is 4.74 Å². The number of benzene rings is 1. The van der Waals surface area contributed by atoms with Crippen LogP contribution in [0.3, 0.4) is 0 Å². The SMILES string of the molecule is CC(C)c1ccc(OC[C@H](C)N2CCOCC2)cc1. The van der Waals surface area contributed by atoms with Gasteiger partial charge >= 0.3 is 0 Å². The average molecular weight is 263 g/mol. The predicted octanol–water partition coefficient (Wildman–Crippen LogP) is 2.91. The largest absolute Gasteiger partial charge is 0.492 e. The van der Waals surface area contributed by atoms with Crippen LogP contribution >= 0.6 is 0 Å². The Balaban J connectivity index is 1.80. The van der Waals surface area contributed by atoms with Gasteiger partial charge in [0.25, 0.3) is 0 Å². The molecular weight excluding hydrogens is 238 g/mol. The molecule has 0 aromatic heterocycles. The molecule has 1 fully saturated rings. The van der Waals surface area contributed by atoms with Gasteiger partial charge < -0.3 is 9.47 Å². The van der Waals surface area contributed by atoms with Crippen LogP contribution in [0.15, 0.2) is 24.3 Å². The van der Waals surface area contributed by atoms with E-state index >= 15 is 0 Å². The predicted molar refractivity (Wildman–Crippen MR) is 77.9 cm³/mol. The molecule has 3 heteroatoms. The molecule has 19 heavy (non-hydrogen) atoms. The number of ether oxygens (including phenoxy) is 2. The molecule has 1 aromatic rings. The minimum atomic E-state index is 0.439. The second kappa shape index (κ2) is 6.92. The van der Waals surface area contributed by atoms with Crippen molar-refractivity contribution >= 4 is 0 Å². The Hall–Kier alpha value is -1.06. The zero-order chi connectivity index (χ0) is 13.7. The molecule has 1 aliphatic heterocycles. The van der Waals surface area contributed by atoms with Crippen molar-refractivity contribution in [2.24, 2.45) is 0 Å². The lowest BCUT2D eigenvalue weighted by atomic mass is 10.0. The van der Waals surface area contributed by atoms with Gasteiger partial charge in [0, 0.05) is 19.1 Å². The Bertz CT molecular complexity index is 369. The van der Waals surface area contributed by atoms with E-state index in [1.807, 2.05) is 0 Å². The molecule has 1 atom stereocenters. The normalized spacial score (nSPS) is 18.5. The van der Waals surface area contributed by atoms with Gasteiger partial charge in [-0.1, -0.05) is 26.0 Å². The number of hydrogen-bond donors (Lipinski definition) is 0. The average Bonchev–Trinajstić information content (AvgIpc) is 2.46. The van der Waals surface area contributed by atoms with E-state index in [2.05, 4.69) is 49.9 Å². The van der Waals surface area contributed by atoms with E-state index in [-0.39, 0.29) is 0 Å². The zero-order valence-electron chi connectivity index (χ0n) is 12.3. The van der Waals surface area contributed by atoms with Gasteiger partial charge in [-0.05, 0) is 30.5 Å². The third-order valence-electron chi connectivity index (χ3n) is 3.71. The minimum Gasteiger partial charge on any atom is -0.492 e. The summed E-state index contributed by atoms with van der Waals surface area (Å²) in [5, 5.41) is 0. The Labute approximate surface area is 116 Å². The fourth-order valence-corrected chi connectivity index (χ4v) is 2.29. The Morgan fingerprint density at radius 1 is 1.11 bits per heavy atom. The highest BCUT2D eigenvalue weighted by Gasteiger charge is 2.17. The lowest BCUT2D eigenvalue weighted by Gasteiger charge is -2.32. The first-order chi connectivity index (χ1) is 9.16. The Morgan fingerprint density at radius 3 is 2.32 bits per heavy atom. The lowest BCUT2D eigenvalue weighted by molar-refractivity contribution is 0.0105. The molecule has 0 N–H and O–H groups in total. The van der Waals surface area contributed by atoms with Crippen LogP contribution in [0, 0.1) is 0 Å². The molecule has 106 valence electrons. The summed E-state index contributed by atoms with van der Waals surface area (Å²) in [6.45, 7) is 11.1. The molecule has 0 unspecified atom stereocenters. The molecule has 1 saturated heterocycles. The number of nitrogens with zero attached hydrogens (tertiary/aromatic N) is 1. The number of hydrogen-bond acceptors (Lipinski definition) is 3. The highest BCUT2D eigenvalue weighted by Crippen LogP contribution is 2.19. The van der Waals surface area contributed by atoms with Gasteiger partial charge in [0.1, 0.15) is 12.4 Å². The maximum Gasteiger partial charge on any atom is 0.119 e. The molecule has 1 heterocycles.